The molecule has 0 saturated carbocycles. The second kappa shape index (κ2) is 3.65. The van der Waals surface area contributed by atoms with Crippen LogP contribution in [0.5, 0.6) is 0 Å². The number of anilines is 1. The standard InChI is InChI=1S/C11H12N4/c1-7-10(9-3-5-13-6-4-9)14-8(2)15-11(7)12/h3-6H,1-2H3,(H2,12,14,15). The first kappa shape index (κ1) is 9.58. The number of hydrogen-bond donors (Lipinski definition) is 1. The lowest BCUT2D eigenvalue weighted by molar-refractivity contribution is 1.05. The fraction of sp³-hybridized carbons (Fsp3) is 0.182. The van der Waals surface area contributed by atoms with E-state index in [1.165, 1.54) is 0 Å². The molecule has 0 aliphatic rings. The maximum Gasteiger partial charge on any atom is 0.130 e. The normalized spacial score (nSPS) is 10.3. The molecule has 0 aromatic carbocycles. The van der Waals surface area contributed by atoms with Gasteiger partial charge in [0.05, 0.1) is 5.69 Å². The lowest BCUT2D eigenvalue weighted by atomic mass is 10.1. The molecule has 0 spiro atoms. The zero-order valence-corrected chi connectivity index (χ0v) is 8.73. The molecule has 2 aromatic heterocycles. The second-order valence-corrected chi connectivity index (χ2v) is 3.37. The van der Waals surface area contributed by atoms with Crippen molar-refractivity contribution in [3.05, 3.63) is 35.9 Å². The van der Waals surface area contributed by atoms with E-state index in [0.717, 1.165) is 16.8 Å². The summed E-state index contributed by atoms with van der Waals surface area (Å²) in [5, 5.41) is 0. The second-order valence-electron chi connectivity index (χ2n) is 3.37. The van der Waals surface area contributed by atoms with Crippen LogP contribution in [-0.2, 0) is 0 Å². The van der Waals surface area contributed by atoms with Gasteiger partial charge in [-0.05, 0) is 26.0 Å². The Morgan fingerprint density at radius 1 is 1.07 bits per heavy atom. The number of nitrogens with zero attached hydrogens (tertiary/aromatic N) is 3. The quantitative estimate of drug-likeness (QED) is 0.761. The fourth-order valence-electron chi connectivity index (χ4n) is 1.44. The molecular formula is C11H12N4. The molecule has 0 bridgehead atoms. The molecule has 2 heterocycles. The van der Waals surface area contributed by atoms with Crippen molar-refractivity contribution in [1.82, 2.24) is 15.0 Å². The minimum absolute atomic E-state index is 0.536. The summed E-state index contributed by atoms with van der Waals surface area (Å²) in [4.78, 5) is 12.5. The summed E-state index contributed by atoms with van der Waals surface area (Å²) in [7, 11) is 0. The Labute approximate surface area is 88.2 Å². The summed E-state index contributed by atoms with van der Waals surface area (Å²) in [5.74, 6) is 1.22. The van der Waals surface area contributed by atoms with Gasteiger partial charge in [0.2, 0.25) is 0 Å². The first-order valence-electron chi connectivity index (χ1n) is 4.69. The molecule has 0 saturated heterocycles. The van der Waals surface area contributed by atoms with Crippen LogP contribution in [0, 0.1) is 13.8 Å². The van der Waals surface area contributed by atoms with Crippen LogP contribution in [0.3, 0.4) is 0 Å². The van der Waals surface area contributed by atoms with Gasteiger partial charge < -0.3 is 5.73 Å². The number of pyridine rings is 1. The number of aromatic nitrogens is 3. The summed E-state index contributed by atoms with van der Waals surface area (Å²) in [6.45, 7) is 3.75. The topological polar surface area (TPSA) is 64.7 Å². The summed E-state index contributed by atoms with van der Waals surface area (Å²) < 4.78 is 0. The Bertz CT molecular complexity index is 479. The molecule has 0 amide bonds. The van der Waals surface area contributed by atoms with E-state index in [4.69, 9.17) is 5.73 Å². The van der Waals surface area contributed by atoms with Crippen molar-refractivity contribution >= 4 is 5.82 Å². The van der Waals surface area contributed by atoms with Crippen molar-refractivity contribution < 1.29 is 0 Å². The maximum atomic E-state index is 5.79. The molecule has 0 aliphatic heterocycles. The van der Waals surface area contributed by atoms with E-state index < -0.39 is 0 Å². The SMILES string of the molecule is Cc1nc(N)c(C)c(-c2ccncc2)n1. The number of aryl methyl sites for hydroxylation is 1. The predicted molar refractivity (Wildman–Crippen MR) is 59.1 cm³/mol. The van der Waals surface area contributed by atoms with E-state index in [9.17, 15) is 0 Å². The third-order valence-corrected chi connectivity index (χ3v) is 2.25. The van der Waals surface area contributed by atoms with Gasteiger partial charge in [0.15, 0.2) is 0 Å². The summed E-state index contributed by atoms with van der Waals surface area (Å²) >= 11 is 0. The smallest absolute Gasteiger partial charge is 0.130 e. The lowest BCUT2D eigenvalue weighted by Crippen LogP contribution is -2.01. The van der Waals surface area contributed by atoms with E-state index in [2.05, 4.69) is 15.0 Å². The maximum absolute atomic E-state index is 5.79. The van der Waals surface area contributed by atoms with Gasteiger partial charge >= 0.3 is 0 Å². The summed E-state index contributed by atoms with van der Waals surface area (Å²) in [5.41, 5.74) is 8.59. The van der Waals surface area contributed by atoms with E-state index in [-0.39, 0.29) is 0 Å². The molecule has 0 fully saturated rings. The fourth-order valence-corrected chi connectivity index (χ4v) is 1.44. The van der Waals surface area contributed by atoms with Crippen LogP contribution in [0.4, 0.5) is 5.82 Å². The van der Waals surface area contributed by atoms with Crippen LogP contribution in [0.15, 0.2) is 24.5 Å². The lowest BCUT2D eigenvalue weighted by Gasteiger charge is -2.07. The molecule has 76 valence electrons. The Morgan fingerprint density at radius 2 is 1.73 bits per heavy atom. The Balaban J connectivity index is 2.63. The highest BCUT2D eigenvalue weighted by Crippen LogP contribution is 2.23. The molecule has 0 radical (unpaired) electrons. The van der Waals surface area contributed by atoms with Crippen LogP contribution in [0.25, 0.3) is 11.3 Å². The van der Waals surface area contributed by atoms with Crippen molar-refractivity contribution in [3.8, 4) is 11.3 Å². The zero-order valence-electron chi connectivity index (χ0n) is 8.73. The minimum Gasteiger partial charge on any atom is -0.383 e. The van der Waals surface area contributed by atoms with Crippen LogP contribution in [0.2, 0.25) is 0 Å². The largest absolute Gasteiger partial charge is 0.383 e. The van der Waals surface area contributed by atoms with Crippen LogP contribution in [-0.4, -0.2) is 15.0 Å². The van der Waals surface area contributed by atoms with Gasteiger partial charge in [0.1, 0.15) is 11.6 Å². The van der Waals surface area contributed by atoms with Crippen molar-refractivity contribution in [3.63, 3.8) is 0 Å². The number of nitrogen functional groups attached to an aromatic ring is 1. The van der Waals surface area contributed by atoms with Gasteiger partial charge in [0, 0.05) is 23.5 Å². The molecule has 2 aromatic rings. The first-order chi connectivity index (χ1) is 7.18. The van der Waals surface area contributed by atoms with E-state index in [1.54, 1.807) is 12.4 Å². The minimum atomic E-state index is 0.536. The average molecular weight is 200 g/mol. The van der Waals surface area contributed by atoms with Gasteiger partial charge in [-0.3, -0.25) is 4.98 Å². The van der Waals surface area contributed by atoms with Crippen molar-refractivity contribution in [2.75, 3.05) is 5.73 Å². The third kappa shape index (κ3) is 1.79. The van der Waals surface area contributed by atoms with Crippen molar-refractivity contribution in [1.29, 1.82) is 0 Å². The molecule has 2 N–H and O–H groups in total. The molecule has 15 heavy (non-hydrogen) atoms. The van der Waals surface area contributed by atoms with E-state index in [0.29, 0.717) is 11.6 Å². The Morgan fingerprint density at radius 3 is 2.40 bits per heavy atom. The number of nitrogens with two attached hydrogens (primary N) is 1. The van der Waals surface area contributed by atoms with Crippen LogP contribution >= 0.6 is 0 Å². The van der Waals surface area contributed by atoms with Crippen molar-refractivity contribution in [2.24, 2.45) is 0 Å². The predicted octanol–water partition coefficient (Wildman–Crippen LogP) is 1.74. The molecule has 0 aliphatic carbocycles. The van der Waals surface area contributed by atoms with Gasteiger partial charge in [-0.15, -0.1) is 0 Å². The summed E-state index contributed by atoms with van der Waals surface area (Å²) in [6, 6.07) is 3.82. The van der Waals surface area contributed by atoms with Gasteiger partial charge in [-0.2, -0.15) is 0 Å². The Kier molecular flexibility index (Phi) is 2.33. The highest BCUT2D eigenvalue weighted by Gasteiger charge is 2.08. The van der Waals surface area contributed by atoms with Gasteiger partial charge in [0.25, 0.3) is 0 Å². The van der Waals surface area contributed by atoms with Crippen LogP contribution < -0.4 is 5.73 Å². The third-order valence-electron chi connectivity index (χ3n) is 2.25. The van der Waals surface area contributed by atoms with Gasteiger partial charge in [-0.25, -0.2) is 9.97 Å². The first-order valence-corrected chi connectivity index (χ1v) is 4.69. The zero-order chi connectivity index (χ0) is 10.8. The van der Waals surface area contributed by atoms with Crippen molar-refractivity contribution in [2.45, 2.75) is 13.8 Å². The summed E-state index contributed by atoms with van der Waals surface area (Å²) in [6.07, 6.45) is 3.48. The molecule has 2 rings (SSSR count). The monoisotopic (exact) mass is 200 g/mol. The number of hydrogen-bond acceptors (Lipinski definition) is 4. The molecule has 0 unspecified atom stereocenters. The molecule has 0 atom stereocenters. The Hall–Kier alpha value is -1.97. The highest BCUT2D eigenvalue weighted by molar-refractivity contribution is 5.66. The van der Waals surface area contributed by atoms with Gasteiger partial charge in [-0.1, -0.05) is 0 Å². The van der Waals surface area contributed by atoms with Crippen LogP contribution in [0.1, 0.15) is 11.4 Å². The molecular weight excluding hydrogens is 188 g/mol. The highest BCUT2D eigenvalue weighted by atomic mass is 14.9. The molecule has 4 nitrogen and oxygen atoms in total. The van der Waals surface area contributed by atoms with E-state index in [1.807, 2.05) is 26.0 Å². The average Bonchev–Trinajstić information content (AvgIpc) is 2.24. The van der Waals surface area contributed by atoms with E-state index >= 15 is 0 Å². The molecule has 4 heteroatoms. The number of rotatable bonds is 1.